The Morgan fingerprint density at radius 1 is 1.33 bits per heavy atom. The molecule has 4 heterocycles. The second kappa shape index (κ2) is 6.44. The lowest BCUT2D eigenvalue weighted by Crippen LogP contribution is -2.35. The molecule has 2 atom stereocenters. The van der Waals surface area contributed by atoms with Crippen molar-refractivity contribution in [2.75, 3.05) is 13.1 Å². The second-order valence-electron chi connectivity index (χ2n) is 5.65. The van der Waals surface area contributed by atoms with E-state index in [-0.39, 0.29) is 12.4 Å². The maximum Gasteiger partial charge on any atom is 0.241 e. The van der Waals surface area contributed by atoms with Crippen molar-refractivity contribution in [3.63, 3.8) is 0 Å². The van der Waals surface area contributed by atoms with Crippen molar-refractivity contribution >= 4 is 23.7 Å². The summed E-state index contributed by atoms with van der Waals surface area (Å²) in [5.41, 5.74) is 0. The molecule has 0 amide bonds. The summed E-state index contributed by atoms with van der Waals surface area (Å²) in [6.45, 7) is 2.97. The number of halogens is 1. The summed E-state index contributed by atoms with van der Waals surface area (Å²) < 4.78 is 5.40. The van der Waals surface area contributed by atoms with Gasteiger partial charge in [-0.3, -0.25) is 4.90 Å². The Morgan fingerprint density at radius 3 is 3.10 bits per heavy atom. The number of hydrogen-bond donors (Lipinski definition) is 1. The zero-order chi connectivity index (χ0) is 13.4. The van der Waals surface area contributed by atoms with Crippen LogP contribution in [0.25, 0.3) is 10.7 Å². The third-order valence-corrected chi connectivity index (χ3v) is 5.04. The molecule has 2 fully saturated rings. The molecule has 1 N–H and O–H groups in total. The fraction of sp³-hybridized carbons (Fsp3) is 0.571. The molecule has 21 heavy (non-hydrogen) atoms. The normalized spacial score (nSPS) is 25.5. The van der Waals surface area contributed by atoms with Gasteiger partial charge in [0.1, 0.15) is 0 Å². The Morgan fingerprint density at radius 2 is 2.24 bits per heavy atom. The fourth-order valence-electron chi connectivity index (χ4n) is 3.18. The molecule has 0 saturated carbocycles. The third-order valence-electron chi connectivity index (χ3n) is 4.18. The monoisotopic (exact) mass is 326 g/mol. The summed E-state index contributed by atoms with van der Waals surface area (Å²) in [5.74, 6) is 1.44. The molecule has 4 rings (SSSR count). The van der Waals surface area contributed by atoms with Gasteiger partial charge in [0.15, 0.2) is 0 Å². The molecule has 2 aromatic heterocycles. The van der Waals surface area contributed by atoms with Gasteiger partial charge in [-0.25, -0.2) is 0 Å². The van der Waals surface area contributed by atoms with Crippen molar-refractivity contribution in [2.24, 2.45) is 0 Å². The molecule has 5 nitrogen and oxygen atoms in total. The third kappa shape index (κ3) is 3.29. The molecule has 0 spiro atoms. The van der Waals surface area contributed by atoms with Gasteiger partial charge >= 0.3 is 0 Å². The largest absolute Gasteiger partial charge is 0.338 e. The Balaban J connectivity index is 0.00000132. The Hall–Kier alpha value is -0.950. The van der Waals surface area contributed by atoms with Gasteiger partial charge in [-0.05, 0) is 30.7 Å². The summed E-state index contributed by atoms with van der Waals surface area (Å²) in [6.07, 6.45) is 3.86. The van der Waals surface area contributed by atoms with Crippen molar-refractivity contribution in [2.45, 2.75) is 37.9 Å². The molecule has 2 aliphatic rings. The van der Waals surface area contributed by atoms with Gasteiger partial charge in [-0.2, -0.15) is 4.98 Å². The SMILES string of the molecule is Cl.c1csc(-c2noc(CN3CCC4CCC(C3)N4)n2)c1. The van der Waals surface area contributed by atoms with E-state index in [0.29, 0.717) is 11.9 Å². The summed E-state index contributed by atoms with van der Waals surface area (Å²) in [7, 11) is 0. The summed E-state index contributed by atoms with van der Waals surface area (Å²) in [6, 6.07) is 5.39. The van der Waals surface area contributed by atoms with Gasteiger partial charge in [0, 0.05) is 25.2 Å². The number of thiophene rings is 1. The maximum atomic E-state index is 5.40. The highest BCUT2D eigenvalue weighted by Crippen LogP contribution is 2.23. The van der Waals surface area contributed by atoms with Crippen molar-refractivity contribution in [3.8, 4) is 10.7 Å². The summed E-state index contributed by atoms with van der Waals surface area (Å²) >= 11 is 1.64. The molecular formula is C14H19ClN4OS. The molecule has 0 aromatic carbocycles. The lowest BCUT2D eigenvalue weighted by Gasteiger charge is -2.21. The first-order chi connectivity index (χ1) is 9.87. The average Bonchev–Trinajstić information content (AvgIpc) is 3.13. The van der Waals surface area contributed by atoms with E-state index >= 15 is 0 Å². The molecule has 0 radical (unpaired) electrons. The van der Waals surface area contributed by atoms with Gasteiger partial charge in [-0.1, -0.05) is 11.2 Å². The summed E-state index contributed by atoms with van der Waals surface area (Å²) in [5, 5.41) is 9.80. The number of nitrogens with zero attached hydrogens (tertiary/aromatic N) is 3. The topological polar surface area (TPSA) is 54.2 Å². The standard InChI is InChI=1S/C14H18N4OS.ClH/c1-2-12(20-7-1)14-16-13(19-17-14)9-18-6-5-10-3-4-11(8-18)15-10;/h1-2,7,10-11,15H,3-6,8-9H2;1H. The molecule has 2 aromatic rings. The van der Waals surface area contributed by atoms with Gasteiger partial charge in [0.2, 0.25) is 11.7 Å². The first kappa shape index (κ1) is 15.0. The minimum Gasteiger partial charge on any atom is -0.338 e. The minimum atomic E-state index is 0. The number of rotatable bonds is 3. The van der Waals surface area contributed by atoms with Crippen LogP contribution in [0.4, 0.5) is 0 Å². The van der Waals surface area contributed by atoms with Crippen LogP contribution in [0.2, 0.25) is 0 Å². The molecule has 7 heteroatoms. The molecule has 2 bridgehead atoms. The Labute approximate surface area is 134 Å². The maximum absolute atomic E-state index is 5.40. The van der Waals surface area contributed by atoms with Crippen molar-refractivity contribution in [3.05, 3.63) is 23.4 Å². The predicted octanol–water partition coefficient (Wildman–Crippen LogP) is 2.55. The van der Waals surface area contributed by atoms with Crippen LogP contribution in [0.15, 0.2) is 22.0 Å². The van der Waals surface area contributed by atoms with Crippen molar-refractivity contribution in [1.29, 1.82) is 0 Å². The van der Waals surface area contributed by atoms with E-state index in [0.717, 1.165) is 36.4 Å². The lowest BCUT2D eigenvalue weighted by molar-refractivity contribution is 0.216. The van der Waals surface area contributed by atoms with Crippen LogP contribution in [0.5, 0.6) is 0 Å². The van der Waals surface area contributed by atoms with Crippen LogP contribution >= 0.6 is 23.7 Å². The zero-order valence-electron chi connectivity index (χ0n) is 11.7. The van der Waals surface area contributed by atoms with Crippen LogP contribution in [-0.2, 0) is 6.54 Å². The van der Waals surface area contributed by atoms with E-state index in [1.54, 1.807) is 11.3 Å². The lowest BCUT2D eigenvalue weighted by atomic mass is 10.1. The minimum absolute atomic E-state index is 0. The van der Waals surface area contributed by atoms with Crippen LogP contribution in [0, 0.1) is 0 Å². The molecule has 2 aliphatic heterocycles. The van der Waals surface area contributed by atoms with Crippen LogP contribution < -0.4 is 5.32 Å². The quantitative estimate of drug-likeness (QED) is 0.939. The van der Waals surface area contributed by atoms with E-state index in [1.165, 1.54) is 19.3 Å². The van der Waals surface area contributed by atoms with E-state index in [4.69, 9.17) is 4.52 Å². The molecule has 2 saturated heterocycles. The van der Waals surface area contributed by atoms with Gasteiger partial charge < -0.3 is 9.84 Å². The number of fused-ring (bicyclic) bond motifs is 2. The highest BCUT2D eigenvalue weighted by molar-refractivity contribution is 7.13. The Bertz CT molecular complexity index is 573. The fourth-order valence-corrected chi connectivity index (χ4v) is 3.82. The second-order valence-corrected chi connectivity index (χ2v) is 6.60. The van der Waals surface area contributed by atoms with Gasteiger partial charge in [0.25, 0.3) is 0 Å². The first-order valence-electron chi connectivity index (χ1n) is 7.22. The van der Waals surface area contributed by atoms with E-state index < -0.39 is 0 Å². The number of likely N-dealkylation sites (tertiary alicyclic amines) is 1. The highest BCUT2D eigenvalue weighted by Gasteiger charge is 2.29. The van der Waals surface area contributed by atoms with Gasteiger partial charge in [0.05, 0.1) is 11.4 Å². The number of hydrogen-bond acceptors (Lipinski definition) is 6. The van der Waals surface area contributed by atoms with Crippen LogP contribution in [0.1, 0.15) is 25.2 Å². The van der Waals surface area contributed by atoms with Crippen molar-refractivity contribution in [1.82, 2.24) is 20.4 Å². The number of aromatic nitrogens is 2. The number of nitrogens with one attached hydrogen (secondary N) is 1. The van der Waals surface area contributed by atoms with Crippen LogP contribution in [0.3, 0.4) is 0 Å². The highest BCUT2D eigenvalue weighted by atomic mass is 35.5. The van der Waals surface area contributed by atoms with Crippen molar-refractivity contribution < 1.29 is 4.52 Å². The first-order valence-corrected chi connectivity index (χ1v) is 8.09. The predicted molar refractivity (Wildman–Crippen MR) is 84.7 cm³/mol. The van der Waals surface area contributed by atoms with E-state index in [2.05, 4.69) is 20.4 Å². The van der Waals surface area contributed by atoms with E-state index in [9.17, 15) is 0 Å². The molecule has 0 aliphatic carbocycles. The van der Waals surface area contributed by atoms with Gasteiger partial charge in [-0.15, -0.1) is 23.7 Å². The smallest absolute Gasteiger partial charge is 0.241 e. The molecule has 2 unspecified atom stereocenters. The Kier molecular flexibility index (Phi) is 4.59. The summed E-state index contributed by atoms with van der Waals surface area (Å²) in [4.78, 5) is 8.01. The van der Waals surface area contributed by atoms with E-state index in [1.807, 2.05) is 17.5 Å². The zero-order valence-corrected chi connectivity index (χ0v) is 13.3. The van der Waals surface area contributed by atoms with Crippen LogP contribution in [-0.4, -0.2) is 40.2 Å². The molecule has 114 valence electrons. The average molecular weight is 327 g/mol. The molecular weight excluding hydrogens is 308 g/mol.